The molecule has 0 radical (unpaired) electrons. The molecule has 25 heavy (non-hydrogen) atoms. The highest BCUT2D eigenvalue weighted by Crippen LogP contribution is 2.31. The van der Waals surface area contributed by atoms with Crippen LogP contribution in [0.25, 0.3) is 0 Å². The normalized spacial score (nSPS) is 10.6. The minimum absolute atomic E-state index is 0.0365. The van der Waals surface area contributed by atoms with Crippen LogP contribution in [0.2, 0.25) is 0 Å². The van der Waals surface area contributed by atoms with Gasteiger partial charge >= 0.3 is 5.97 Å². The molecule has 2 rings (SSSR count). The number of carbonyl (C=O) groups is 1. The SMILES string of the molecule is CCC(=O)Oc1cccc(SC)c1COc1cc(F)c(CC)cc1F. The first kappa shape index (κ1) is 19.2. The van der Waals surface area contributed by atoms with E-state index >= 15 is 0 Å². The molecule has 0 aliphatic carbocycles. The molecule has 3 nitrogen and oxygen atoms in total. The van der Waals surface area contributed by atoms with Crippen LogP contribution in [0, 0.1) is 11.6 Å². The Bertz CT molecular complexity index is 763. The molecule has 0 unspecified atom stereocenters. The highest BCUT2D eigenvalue weighted by Gasteiger charge is 2.15. The quantitative estimate of drug-likeness (QED) is 0.386. The molecule has 0 aliphatic heterocycles. The zero-order valence-corrected chi connectivity index (χ0v) is 15.2. The summed E-state index contributed by atoms with van der Waals surface area (Å²) in [4.78, 5) is 12.4. The number of ether oxygens (including phenoxy) is 2. The van der Waals surface area contributed by atoms with Gasteiger partial charge in [0.15, 0.2) is 11.6 Å². The second kappa shape index (κ2) is 8.85. The van der Waals surface area contributed by atoms with Crippen molar-refractivity contribution in [2.75, 3.05) is 6.26 Å². The van der Waals surface area contributed by atoms with Gasteiger partial charge in [0.1, 0.15) is 18.2 Å². The van der Waals surface area contributed by atoms with Gasteiger partial charge < -0.3 is 9.47 Å². The Morgan fingerprint density at radius 1 is 1.12 bits per heavy atom. The lowest BCUT2D eigenvalue weighted by molar-refractivity contribution is -0.134. The first-order valence-electron chi connectivity index (χ1n) is 7.97. The van der Waals surface area contributed by atoms with E-state index in [0.29, 0.717) is 23.3 Å². The maximum atomic E-state index is 14.1. The molecule has 0 N–H and O–H groups in total. The van der Waals surface area contributed by atoms with Crippen LogP contribution >= 0.6 is 11.8 Å². The van der Waals surface area contributed by atoms with E-state index in [-0.39, 0.29) is 24.7 Å². The van der Waals surface area contributed by atoms with Crippen LogP contribution in [-0.2, 0) is 17.8 Å². The lowest BCUT2D eigenvalue weighted by Crippen LogP contribution is -2.09. The topological polar surface area (TPSA) is 35.5 Å². The second-order valence-electron chi connectivity index (χ2n) is 5.28. The average molecular weight is 366 g/mol. The van der Waals surface area contributed by atoms with Crippen molar-refractivity contribution < 1.29 is 23.0 Å². The van der Waals surface area contributed by atoms with Gasteiger partial charge in [-0.25, -0.2) is 8.78 Å². The molecule has 0 atom stereocenters. The molecule has 134 valence electrons. The van der Waals surface area contributed by atoms with Crippen molar-refractivity contribution in [3.8, 4) is 11.5 Å². The Kier molecular flexibility index (Phi) is 6.82. The predicted octanol–water partition coefficient (Wildman–Crippen LogP) is 5.14. The Labute approximate surface area is 150 Å². The summed E-state index contributed by atoms with van der Waals surface area (Å²) in [7, 11) is 0. The predicted molar refractivity (Wildman–Crippen MR) is 94.2 cm³/mol. The fraction of sp³-hybridized carbons (Fsp3) is 0.316. The van der Waals surface area contributed by atoms with Crippen molar-refractivity contribution in [1.29, 1.82) is 0 Å². The van der Waals surface area contributed by atoms with Gasteiger partial charge in [-0.1, -0.05) is 19.9 Å². The Morgan fingerprint density at radius 2 is 1.88 bits per heavy atom. The molecule has 0 heterocycles. The molecule has 0 saturated carbocycles. The van der Waals surface area contributed by atoms with Crippen LogP contribution in [-0.4, -0.2) is 12.2 Å². The average Bonchev–Trinajstić information content (AvgIpc) is 2.62. The number of rotatable bonds is 7. The lowest BCUT2D eigenvalue weighted by atomic mass is 10.1. The van der Waals surface area contributed by atoms with E-state index in [9.17, 15) is 13.6 Å². The van der Waals surface area contributed by atoms with Crippen molar-refractivity contribution in [2.45, 2.75) is 38.2 Å². The van der Waals surface area contributed by atoms with Gasteiger partial charge in [-0.15, -0.1) is 11.8 Å². The first-order valence-corrected chi connectivity index (χ1v) is 9.19. The van der Waals surface area contributed by atoms with Crippen molar-refractivity contribution in [1.82, 2.24) is 0 Å². The molecule has 2 aromatic carbocycles. The van der Waals surface area contributed by atoms with Gasteiger partial charge in [-0.2, -0.15) is 0 Å². The number of hydrogen-bond acceptors (Lipinski definition) is 4. The fourth-order valence-electron chi connectivity index (χ4n) is 2.27. The third kappa shape index (κ3) is 4.72. The van der Waals surface area contributed by atoms with E-state index in [1.54, 1.807) is 26.0 Å². The molecule has 0 spiro atoms. The molecular weight excluding hydrogens is 346 g/mol. The summed E-state index contributed by atoms with van der Waals surface area (Å²) >= 11 is 1.45. The van der Waals surface area contributed by atoms with E-state index in [1.807, 2.05) is 12.3 Å². The summed E-state index contributed by atoms with van der Waals surface area (Å²) in [6, 6.07) is 7.47. The fourth-order valence-corrected chi connectivity index (χ4v) is 2.89. The third-order valence-electron chi connectivity index (χ3n) is 3.68. The van der Waals surface area contributed by atoms with Gasteiger partial charge in [0.25, 0.3) is 0 Å². The molecule has 0 aliphatic rings. The number of esters is 1. The Balaban J connectivity index is 2.28. The van der Waals surface area contributed by atoms with E-state index < -0.39 is 11.6 Å². The summed E-state index contributed by atoms with van der Waals surface area (Å²) in [5, 5.41) is 0. The van der Waals surface area contributed by atoms with Gasteiger partial charge in [0.05, 0.1) is 0 Å². The van der Waals surface area contributed by atoms with Crippen LogP contribution in [0.4, 0.5) is 8.78 Å². The van der Waals surface area contributed by atoms with E-state index in [4.69, 9.17) is 9.47 Å². The Morgan fingerprint density at radius 3 is 2.52 bits per heavy atom. The minimum Gasteiger partial charge on any atom is -0.486 e. The molecule has 0 saturated heterocycles. The molecule has 6 heteroatoms. The van der Waals surface area contributed by atoms with E-state index in [0.717, 1.165) is 17.0 Å². The summed E-state index contributed by atoms with van der Waals surface area (Å²) in [6.45, 7) is 3.41. The summed E-state index contributed by atoms with van der Waals surface area (Å²) in [5.74, 6) is -1.30. The summed E-state index contributed by atoms with van der Waals surface area (Å²) in [5.41, 5.74) is 0.920. The molecule has 0 bridgehead atoms. The van der Waals surface area contributed by atoms with Crippen LogP contribution in [0.3, 0.4) is 0 Å². The zero-order chi connectivity index (χ0) is 18.4. The van der Waals surface area contributed by atoms with Crippen LogP contribution in [0.15, 0.2) is 35.2 Å². The number of thioether (sulfide) groups is 1. The number of halogens is 2. The van der Waals surface area contributed by atoms with Crippen molar-refractivity contribution in [3.63, 3.8) is 0 Å². The van der Waals surface area contributed by atoms with E-state index in [2.05, 4.69) is 0 Å². The van der Waals surface area contributed by atoms with Crippen LogP contribution in [0.1, 0.15) is 31.4 Å². The molecule has 2 aromatic rings. The third-order valence-corrected chi connectivity index (χ3v) is 4.50. The number of benzene rings is 2. The summed E-state index contributed by atoms with van der Waals surface area (Å²) in [6.07, 6.45) is 2.51. The molecule has 0 aromatic heterocycles. The number of carbonyl (C=O) groups excluding carboxylic acids is 1. The molecular formula is C19H20F2O3S. The first-order chi connectivity index (χ1) is 12.0. The monoisotopic (exact) mass is 366 g/mol. The second-order valence-corrected chi connectivity index (χ2v) is 6.13. The highest BCUT2D eigenvalue weighted by atomic mass is 32.2. The van der Waals surface area contributed by atoms with Gasteiger partial charge in [-0.3, -0.25) is 4.79 Å². The molecule has 0 fully saturated rings. The summed E-state index contributed by atoms with van der Waals surface area (Å²) < 4.78 is 38.8. The standard InChI is InChI=1S/C19H20F2O3S/c1-4-12-9-15(21)17(10-14(12)20)23-11-13-16(24-19(22)5-2)7-6-8-18(13)25-3/h6-10H,4-5,11H2,1-3H3. The van der Waals surface area contributed by atoms with Gasteiger partial charge in [0.2, 0.25) is 0 Å². The maximum Gasteiger partial charge on any atom is 0.310 e. The van der Waals surface area contributed by atoms with Crippen molar-refractivity contribution in [2.24, 2.45) is 0 Å². The Hall–Kier alpha value is -2.08. The zero-order valence-electron chi connectivity index (χ0n) is 14.4. The van der Waals surface area contributed by atoms with Crippen LogP contribution < -0.4 is 9.47 Å². The lowest BCUT2D eigenvalue weighted by Gasteiger charge is -2.15. The maximum absolute atomic E-state index is 14.1. The van der Waals surface area contributed by atoms with Gasteiger partial charge in [0, 0.05) is 22.9 Å². The number of aryl methyl sites for hydroxylation is 1. The van der Waals surface area contributed by atoms with Crippen LogP contribution in [0.5, 0.6) is 11.5 Å². The van der Waals surface area contributed by atoms with Crippen molar-refractivity contribution >= 4 is 17.7 Å². The van der Waals surface area contributed by atoms with Crippen molar-refractivity contribution in [3.05, 3.63) is 53.1 Å². The largest absolute Gasteiger partial charge is 0.486 e. The number of hydrogen-bond donors (Lipinski definition) is 0. The smallest absolute Gasteiger partial charge is 0.310 e. The molecule has 0 amide bonds. The van der Waals surface area contributed by atoms with Gasteiger partial charge in [-0.05, 0) is 36.4 Å². The highest BCUT2D eigenvalue weighted by molar-refractivity contribution is 7.98. The minimum atomic E-state index is -0.619. The van der Waals surface area contributed by atoms with E-state index in [1.165, 1.54) is 11.8 Å².